The van der Waals surface area contributed by atoms with E-state index in [1.165, 1.54) is 0 Å². The van der Waals surface area contributed by atoms with Crippen molar-refractivity contribution < 1.29 is 4.74 Å². The van der Waals surface area contributed by atoms with Gasteiger partial charge in [-0.1, -0.05) is 13.8 Å². The van der Waals surface area contributed by atoms with E-state index in [1.807, 2.05) is 0 Å². The van der Waals surface area contributed by atoms with Crippen molar-refractivity contribution in [1.82, 2.24) is 5.32 Å². The summed E-state index contributed by atoms with van der Waals surface area (Å²) >= 11 is 0. The van der Waals surface area contributed by atoms with Crippen LogP contribution in [-0.2, 0) is 4.74 Å². The molecule has 0 heterocycles. The fraction of sp³-hybridized carbons (Fsp3) is 1.00. The predicted molar refractivity (Wildman–Crippen MR) is 43.0 cm³/mol. The summed E-state index contributed by atoms with van der Waals surface area (Å²) < 4.78 is 5.15. The van der Waals surface area contributed by atoms with Crippen LogP contribution in [-0.4, -0.2) is 32.3 Å². The summed E-state index contributed by atoms with van der Waals surface area (Å²) in [5.41, 5.74) is 5.23. The molecule has 0 fully saturated rings. The Kier molecular flexibility index (Phi) is 6.91. The molecule has 0 unspecified atom stereocenters. The highest BCUT2D eigenvalue weighted by molar-refractivity contribution is 4.50. The van der Waals surface area contributed by atoms with Crippen LogP contribution in [0.25, 0.3) is 0 Å². The van der Waals surface area contributed by atoms with Gasteiger partial charge in [0, 0.05) is 19.1 Å². The van der Waals surface area contributed by atoms with E-state index in [0.717, 1.165) is 13.2 Å². The average Bonchev–Trinajstić information content (AvgIpc) is 1.87. The highest BCUT2D eigenvalue weighted by atomic mass is 16.5. The molecule has 3 N–H and O–H groups in total. The van der Waals surface area contributed by atoms with Gasteiger partial charge in [-0.05, 0) is 0 Å². The van der Waals surface area contributed by atoms with Gasteiger partial charge in [0.15, 0.2) is 0 Å². The minimum atomic E-state index is 0.543. The molecule has 0 aliphatic carbocycles. The zero-order chi connectivity index (χ0) is 7.82. The van der Waals surface area contributed by atoms with Gasteiger partial charge in [0.1, 0.15) is 0 Å². The van der Waals surface area contributed by atoms with Gasteiger partial charge in [0.2, 0.25) is 0 Å². The van der Waals surface area contributed by atoms with Crippen molar-refractivity contribution in [3.63, 3.8) is 0 Å². The highest BCUT2D eigenvalue weighted by Crippen LogP contribution is 1.75. The van der Waals surface area contributed by atoms with Gasteiger partial charge in [0.05, 0.1) is 13.2 Å². The first-order chi connectivity index (χ1) is 4.77. The van der Waals surface area contributed by atoms with Crippen molar-refractivity contribution in [2.75, 3.05) is 26.3 Å². The molecule has 0 aromatic rings. The quantitative estimate of drug-likeness (QED) is 0.517. The van der Waals surface area contributed by atoms with E-state index in [9.17, 15) is 0 Å². The fourth-order valence-electron chi connectivity index (χ4n) is 0.605. The first-order valence-electron chi connectivity index (χ1n) is 3.78. The zero-order valence-corrected chi connectivity index (χ0v) is 6.89. The SMILES string of the molecule is CC(C)NCCOCCN. The first-order valence-corrected chi connectivity index (χ1v) is 3.78. The Labute approximate surface area is 62.9 Å². The van der Waals surface area contributed by atoms with E-state index < -0.39 is 0 Å². The molecule has 0 atom stereocenters. The molecule has 0 aromatic heterocycles. The van der Waals surface area contributed by atoms with Gasteiger partial charge in [0.25, 0.3) is 0 Å². The van der Waals surface area contributed by atoms with Crippen LogP contribution >= 0.6 is 0 Å². The lowest BCUT2D eigenvalue weighted by atomic mass is 10.4. The van der Waals surface area contributed by atoms with Crippen LogP contribution in [0.2, 0.25) is 0 Å². The van der Waals surface area contributed by atoms with Gasteiger partial charge in [-0.3, -0.25) is 0 Å². The van der Waals surface area contributed by atoms with Gasteiger partial charge >= 0.3 is 0 Å². The van der Waals surface area contributed by atoms with Gasteiger partial charge in [-0.15, -0.1) is 0 Å². The Hall–Kier alpha value is -0.120. The normalized spacial score (nSPS) is 10.8. The Morgan fingerprint density at radius 1 is 1.40 bits per heavy atom. The smallest absolute Gasteiger partial charge is 0.0591 e. The van der Waals surface area contributed by atoms with Crippen molar-refractivity contribution in [1.29, 1.82) is 0 Å². The molecule has 0 aromatic carbocycles. The molecule has 10 heavy (non-hydrogen) atoms. The molecule has 0 rings (SSSR count). The number of rotatable bonds is 6. The summed E-state index contributed by atoms with van der Waals surface area (Å²) in [5.74, 6) is 0. The third-order valence-electron chi connectivity index (χ3n) is 1.06. The Morgan fingerprint density at radius 3 is 2.60 bits per heavy atom. The lowest BCUT2D eigenvalue weighted by Crippen LogP contribution is -2.27. The molecule has 0 aliphatic heterocycles. The molecule has 0 saturated carbocycles. The van der Waals surface area contributed by atoms with Crippen LogP contribution < -0.4 is 11.1 Å². The lowest BCUT2D eigenvalue weighted by molar-refractivity contribution is 0.142. The van der Waals surface area contributed by atoms with Crippen LogP contribution in [0.4, 0.5) is 0 Å². The van der Waals surface area contributed by atoms with Crippen LogP contribution in [0.3, 0.4) is 0 Å². The number of nitrogens with two attached hydrogens (primary N) is 1. The monoisotopic (exact) mass is 146 g/mol. The molecular formula is C7H18N2O. The topological polar surface area (TPSA) is 47.3 Å². The van der Waals surface area contributed by atoms with Crippen molar-refractivity contribution in [2.45, 2.75) is 19.9 Å². The minimum Gasteiger partial charge on any atom is -0.379 e. The van der Waals surface area contributed by atoms with Gasteiger partial charge in [-0.25, -0.2) is 0 Å². The standard InChI is InChI=1S/C7H18N2O/c1-7(2)9-4-6-10-5-3-8/h7,9H,3-6,8H2,1-2H3. The summed E-state index contributed by atoms with van der Waals surface area (Å²) in [5, 5.41) is 3.24. The molecule has 0 bridgehead atoms. The van der Waals surface area contributed by atoms with Crippen LogP contribution in [0.5, 0.6) is 0 Å². The van der Waals surface area contributed by atoms with Crippen molar-refractivity contribution in [2.24, 2.45) is 5.73 Å². The van der Waals surface area contributed by atoms with E-state index in [1.54, 1.807) is 0 Å². The largest absolute Gasteiger partial charge is 0.379 e. The number of nitrogens with one attached hydrogen (secondary N) is 1. The Morgan fingerprint density at radius 2 is 2.10 bits per heavy atom. The van der Waals surface area contributed by atoms with Crippen LogP contribution in [0, 0.1) is 0 Å². The zero-order valence-electron chi connectivity index (χ0n) is 6.89. The molecular weight excluding hydrogens is 128 g/mol. The molecule has 3 nitrogen and oxygen atoms in total. The summed E-state index contributed by atoms with van der Waals surface area (Å²) in [6.07, 6.45) is 0. The third kappa shape index (κ3) is 7.88. The third-order valence-corrected chi connectivity index (χ3v) is 1.06. The number of hydrogen-bond donors (Lipinski definition) is 2. The summed E-state index contributed by atoms with van der Waals surface area (Å²) in [7, 11) is 0. The van der Waals surface area contributed by atoms with E-state index in [-0.39, 0.29) is 0 Å². The predicted octanol–water partition coefficient (Wildman–Crippen LogP) is -0.0403. The van der Waals surface area contributed by atoms with E-state index in [4.69, 9.17) is 10.5 Å². The molecule has 3 heteroatoms. The van der Waals surface area contributed by atoms with Crippen molar-refractivity contribution in [3.05, 3.63) is 0 Å². The average molecular weight is 146 g/mol. The van der Waals surface area contributed by atoms with Gasteiger partial charge in [-0.2, -0.15) is 0 Å². The second-order valence-corrected chi connectivity index (χ2v) is 2.51. The highest BCUT2D eigenvalue weighted by Gasteiger charge is 1.90. The fourth-order valence-corrected chi connectivity index (χ4v) is 0.605. The Bertz CT molecular complexity index is 66.6. The molecule has 0 saturated heterocycles. The van der Waals surface area contributed by atoms with Crippen LogP contribution in [0.1, 0.15) is 13.8 Å². The van der Waals surface area contributed by atoms with E-state index in [0.29, 0.717) is 19.2 Å². The maximum absolute atomic E-state index is 5.23. The minimum absolute atomic E-state index is 0.543. The van der Waals surface area contributed by atoms with Crippen molar-refractivity contribution in [3.8, 4) is 0 Å². The lowest BCUT2D eigenvalue weighted by Gasteiger charge is -2.07. The maximum Gasteiger partial charge on any atom is 0.0591 e. The van der Waals surface area contributed by atoms with Gasteiger partial charge < -0.3 is 15.8 Å². The van der Waals surface area contributed by atoms with E-state index >= 15 is 0 Å². The summed E-state index contributed by atoms with van der Waals surface area (Å²) in [4.78, 5) is 0. The second-order valence-electron chi connectivity index (χ2n) is 2.51. The van der Waals surface area contributed by atoms with Crippen molar-refractivity contribution >= 4 is 0 Å². The Balaban J connectivity index is 2.77. The maximum atomic E-state index is 5.23. The summed E-state index contributed by atoms with van der Waals surface area (Å²) in [6.45, 7) is 7.18. The summed E-state index contributed by atoms with van der Waals surface area (Å²) in [6, 6.07) is 0.543. The molecule has 0 radical (unpaired) electrons. The molecule has 0 amide bonds. The molecule has 62 valence electrons. The number of ether oxygens (including phenoxy) is 1. The van der Waals surface area contributed by atoms with Crippen LogP contribution in [0.15, 0.2) is 0 Å². The molecule has 0 spiro atoms. The molecule has 0 aliphatic rings. The first kappa shape index (κ1) is 9.88. The second kappa shape index (κ2) is 6.99. The van der Waals surface area contributed by atoms with E-state index in [2.05, 4.69) is 19.2 Å². The number of hydrogen-bond acceptors (Lipinski definition) is 3.